The second-order valence-corrected chi connectivity index (χ2v) is 22.2. The van der Waals surface area contributed by atoms with Crippen LogP contribution in [0.15, 0.2) is 205 Å². The lowest BCUT2D eigenvalue weighted by molar-refractivity contribution is 0.537. The molecule has 72 heavy (non-hydrogen) atoms. The highest BCUT2D eigenvalue weighted by Crippen LogP contribution is 2.59. The van der Waals surface area contributed by atoms with Gasteiger partial charge in [0.05, 0.1) is 0 Å². The molecule has 14 rings (SSSR count). The number of allylic oxidation sites excluding steroid dienone is 9. The van der Waals surface area contributed by atoms with E-state index in [1.54, 1.807) is 5.57 Å². The van der Waals surface area contributed by atoms with Crippen molar-refractivity contribution in [3.05, 3.63) is 271 Å². The Bertz CT molecular complexity index is 3580. The van der Waals surface area contributed by atoms with E-state index in [9.17, 15) is 0 Å². The van der Waals surface area contributed by atoms with Crippen molar-refractivity contribution in [2.75, 3.05) is 16.3 Å². The number of hydrogen-bond donors (Lipinski definition) is 0. The summed E-state index contributed by atoms with van der Waals surface area (Å²) >= 11 is 0. The average Bonchev–Trinajstić information content (AvgIpc) is 4.10. The highest BCUT2D eigenvalue weighted by Gasteiger charge is 2.50. The zero-order valence-electron chi connectivity index (χ0n) is 42.2. The maximum absolute atomic E-state index is 2.58. The Morgan fingerprint density at radius 1 is 0.542 bits per heavy atom. The van der Waals surface area contributed by atoms with Crippen LogP contribution in [0, 0.1) is 0 Å². The second kappa shape index (κ2) is 16.3. The Balaban J connectivity index is 0.824. The normalized spacial score (nSPS) is 19.1. The van der Waals surface area contributed by atoms with Crippen LogP contribution in [0.2, 0.25) is 0 Å². The van der Waals surface area contributed by atoms with Crippen molar-refractivity contribution < 1.29 is 0 Å². The molecule has 0 fully saturated rings. The minimum Gasteiger partial charge on any atom is -0.341 e. The Hall–Kier alpha value is -7.42. The summed E-state index contributed by atoms with van der Waals surface area (Å²) in [5.41, 5.74) is 30.7. The number of fused-ring (bicyclic) bond motifs is 13. The number of nitrogens with zero attached hydrogens (tertiary/aromatic N) is 2. The number of anilines is 3. The van der Waals surface area contributed by atoms with Crippen LogP contribution in [0.3, 0.4) is 0 Å². The Morgan fingerprint density at radius 2 is 1.11 bits per heavy atom. The second-order valence-electron chi connectivity index (χ2n) is 22.2. The summed E-state index contributed by atoms with van der Waals surface area (Å²) < 4.78 is 0. The van der Waals surface area contributed by atoms with Gasteiger partial charge in [0.2, 0.25) is 0 Å². The van der Waals surface area contributed by atoms with Crippen LogP contribution in [-0.4, -0.2) is 6.54 Å². The highest BCUT2D eigenvalue weighted by atomic mass is 15.2. The number of aryl methyl sites for hydroxylation is 1. The zero-order chi connectivity index (χ0) is 48.3. The van der Waals surface area contributed by atoms with Crippen LogP contribution in [0.1, 0.15) is 114 Å². The Morgan fingerprint density at radius 3 is 1.78 bits per heavy atom. The first-order valence-corrected chi connectivity index (χ1v) is 26.8. The van der Waals surface area contributed by atoms with Gasteiger partial charge in [-0.15, -0.1) is 0 Å². The molecular formula is C70H62N2. The molecule has 0 atom stereocenters. The monoisotopic (exact) mass is 930 g/mol. The summed E-state index contributed by atoms with van der Waals surface area (Å²) in [6.07, 6.45) is 25.1. The van der Waals surface area contributed by atoms with Crippen LogP contribution in [0.25, 0.3) is 28.9 Å². The van der Waals surface area contributed by atoms with Gasteiger partial charge in [0.25, 0.3) is 0 Å². The van der Waals surface area contributed by atoms with Gasteiger partial charge < -0.3 is 9.80 Å². The van der Waals surface area contributed by atoms with Gasteiger partial charge in [-0.05, 0) is 183 Å². The third kappa shape index (κ3) is 6.33. The van der Waals surface area contributed by atoms with Crippen molar-refractivity contribution in [1.29, 1.82) is 0 Å². The van der Waals surface area contributed by atoms with E-state index in [0.717, 1.165) is 51.5 Å². The topological polar surface area (TPSA) is 6.48 Å². The molecular weight excluding hydrogens is 869 g/mol. The molecule has 0 unspecified atom stereocenters. The molecule has 2 aliphatic heterocycles. The SMILES string of the molecule is CC=CC1=C(CC)N(C2=CCC3=C(C=C2)c2ccc(C=Cc4ccc5c(c4)C4(Cc6ccccc6C4)c4cc(N6CCCc7ccccc76)ccc4-5)cc2C32Cc3ccccc3C2)c2ccccc2C1(C)C. The number of para-hydroxylation sites is 2. The summed E-state index contributed by atoms with van der Waals surface area (Å²) in [5.74, 6) is 0. The van der Waals surface area contributed by atoms with Gasteiger partial charge in [0, 0.05) is 51.2 Å². The molecule has 0 amide bonds. The number of benzene rings is 7. The Labute approximate surface area is 426 Å². The van der Waals surface area contributed by atoms with E-state index in [4.69, 9.17) is 0 Å². The van der Waals surface area contributed by atoms with Gasteiger partial charge in [0.1, 0.15) is 0 Å². The summed E-state index contributed by atoms with van der Waals surface area (Å²) in [6.45, 7) is 10.3. The molecule has 352 valence electrons. The molecule has 7 aromatic carbocycles. The molecule has 7 aliphatic rings. The third-order valence-electron chi connectivity index (χ3n) is 18.2. The van der Waals surface area contributed by atoms with E-state index in [0.29, 0.717) is 0 Å². The zero-order valence-corrected chi connectivity index (χ0v) is 42.2. The van der Waals surface area contributed by atoms with E-state index >= 15 is 0 Å². The lowest BCUT2D eigenvalue weighted by atomic mass is 9.72. The van der Waals surface area contributed by atoms with Crippen LogP contribution < -0.4 is 9.80 Å². The molecule has 5 aliphatic carbocycles. The first kappa shape index (κ1) is 43.4. The largest absolute Gasteiger partial charge is 0.341 e. The van der Waals surface area contributed by atoms with Crippen molar-refractivity contribution in [3.8, 4) is 11.1 Å². The van der Waals surface area contributed by atoms with E-state index in [2.05, 4.69) is 232 Å². The van der Waals surface area contributed by atoms with Gasteiger partial charge in [-0.1, -0.05) is 185 Å². The number of hydrogen-bond acceptors (Lipinski definition) is 2. The fraction of sp³-hybridized carbons (Fsp3) is 0.229. The van der Waals surface area contributed by atoms with Gasteiger partial charge in [-0.25, -0.2) is 0 Å². The molecule has 0 bridgehead atoms. The van der Waals surface area contributed by atoms with Crippen LogP contribution in [-0.2, 0) is 48.3 Å². The van der Waals surface area contributed by atoms with Crippen LogP contribution >= 0.6 is 0 Å². The van der Waals surface area contributed by atoms with Crippen LogP contribution in [0.5, 0.6) is 0 Å². The van der Waals surface area contributed by atoms with E-state index in [-0.39, 0.29) is 16.2 Å². The minimum atomic E-state index is -0.0938. The van der Waals surface area contributed by atoms with E-state index in [1.165, 1.54) is 124 Å². The van der Waals surface area contributed by atoms with Gasteiger partial charge in [-0.2, -0.15) is 0 Å². The van der Waals surface area contributed by atoms with E-state index in [1.807, 2.05) is 0 Å². The molecule has 0 saturated heterocycles. The molecule has 7 aromatic rings. The van der Waals surface area contributed by atoms with Crippen molar-refractivity contribution in [2.45, 2.75) is 95.3 Å². The van der Waals surface area contributed by atoms with Crippen molar-refractivity contribution in [2.24, 2.45) is 0 Å². The molecule has 2 spiro atoms. The van der Waals surface area contributed by atoms with Gasteiger partial charge in [-0.3, -0.25) is 0 Å². The predicted octanol–water partition coefficient (Wildman–Crippen LogP) is 16.7. The van der Waals surface area contributed by atoms with Crippen molar-refractivity contribution in [1.82, 2.24) is 0 Å². The first-order valence-electron chi connectivity index (χ1n) is 26.8. The smallest absolute Gasteiger partial charge is 0.0499 e. The summed E-state index contributed by atoms with van der Waals surface area (Å²) in [6, 6.07) is 58.6. The minimum absolute atomic E-state index is 0.0891. The fourth-order valence-electron chi connectivity index (χ4n) is 14.8. The summed E-state index contributed by atoms with van der Waals surface area (Å²) in [7, 11) is 0. The van der Waals surface area contributed by atoms with Gasteiger partial charge in [0.15, 0.2) is 0 Å². The average molecular weight is 931 g/mol. The highest BCUT2D eigenvalue weighted by molar-refractivity contribution is 5.91. The lowest BCUT2D eigenvalue weighted by Crippen LogP contribution is -2.35. The molecule has 0 saturated carbocycles. The van der Waals surface area contributed by atoms with Crippen molar-refractivity contribution in [3.63, 3.8) is 0 Å². The maximum Gasteiger partial charge on any atom is 0.0499 e. The molecule has 2 heterocycles. The third-order valence-corrected chi connectivity index (χ3v) is 18.2. The standard InChI is InChI=1S/C70H62N2/c1-5-16-60-65(6-2)72(67-25-14-12-23-61(67)68(60,3)4)53-30-35-55-56-33-28-46(39-62(56)69(59(55)37-32-53)42-49-18-7-8-19-50(49)43-69)26-27-47-29-34-57-58-36-31-54(71-38-15-22-48-17-11-13-24-66(48)71)41-64(58)70(63(57)40-47)44-51-20-9-10-21-52(51)45-70/h5,7-14,16-21,23-36,39-41H,6,15,22,37-38,42-45H2,1-4H3. The molecule has 2 nitrogen and oxygen atoms in total. The Kier molecular flexibility index (Phi) is 9.82. The van der Waals surface area contributed by atoms with Crippen LogP contribution in [0.4, 0.5) is 17.1 Å². The number of rotatable bonds is 6. The summed E-state index contributed by atoms with van der Waals surface area (Å²) in [4.78, 5) is 5.15. The first-order chi connectivity index (χ1) is 35.3. The van der Waals surface area contributed by atoms with Gasteiger partial charge >= 0.3 is 0 Å². The molecule has 0 aromatic heterocycles. The summed E-state index contributed by atoms with van der Waals surface area (Å²) in [5, 5.41) is 0. The fourth-order valence-corrected chi connectivity index (χ4v) is 14.8. The molecule has 0 radical (unpaired) electrons. The predicted molar refractivity (Wildman–Crippen MR) is 302 cm³/mol. The van der Waals surface area contributed by atoms with E-state index < -0.39 is 0 Å². The quantitative estimate of drug-likeness (QED) is 0.153. The molecule has 2 heteroatoms. The van der Waals surface area contributed by atoms with Crippen molar-refractivity contribution >= 4 is 34.8 Å². The lowest BCUT2D eigenvalue weighted by Gasteiger charge is -2.43. The molecule has 0 N–H and O–H groups in total. The maximum atomic E-state index is 2.58.